The summed E-state index contributed by atoms with van der Waals surface area (Å²) in [5.41, 5.74) is 2.39. The van der Waals surface area contributed by atoms with Gasteiger partial charge in [-0.25, -0.2) is 0 Å². The van der Waals surface area contributed by atoms with Gasteiger partial charge in [-0.3, -0.25) is 4.79 Å². The van der Waals surface area contributed by atoms with Gasteiger partial charge in [0.2, 0.25) is 5.91 Å². The molecular formula is C17H24N2O2. The van der Waals surface area contributed by atoms with Crippen LogP contribution in [0.5, 0.6) is 0 Å². The normalized spacial score (nSPS) is 30.1. The van der Waals surface area contributed by atoms with Crippen LogP contribution in [-0.2, 0) is 16.0 Å². The van der Waals surface area contributed by atoms with Crippen molar-refractivity contribution >= 4 is 5.91 Å². The summed E-state index contributed by atoms with van der Waals surface area (Å²) in [6.07, 6.45) is 2.11. The van der Waals surface area contributed by atoms with Crippen LogP contribution < -0.4 is 10.6 Å². The molecule has 2 aliphatic rings. The summed E-state index contributed by atoms with van der Waals surface area (Å²) in [7, 11) is 1.74. The number of hydrogen-bond donors (Lipinski definition) is 2. The number of nitrogens with one attached hydrogen (secondary N) is 2. The molecule has 114 valence electrons. The van der Waals surface area contributed by atoms with Gasteiger partial charge in [-0.1, -0.05) is 38.1 Å². The van der Waals surface area contributed by atoms with Crippen LogP contribution in [0.3, 0.4) is 0 Å². The maximum atomic E-state index is 12.6. The van der Waals surface area contributed by atoms with Gasteiger partial charge in [-0.2, -0.15) is 0 Å². The monoisotopic (exact) mass is 288 g/mol. The Balaban J connectivity index is 1.70. The molecule has 4 nitrogen and oxygen atoms in total. The number of rotatable bonds is 3. The van der Waals surface area contributed by atoms with Crippen LogP contribution >= 0.6 is 0 Å². The lowest BCUT2D eigenvalue weighted by molar-refractivity contribution is -0.134. The predicted octanol–water partition coefficient (Wildman–Crippen LogP) is 1.80. The van der Waals surface area contributed by atoms with Crippen LogP contribution in [0.1, 0.15) is 37.4 Å². The van der Waals surface area contributed by atoms with E-state index < -0.39 is 0 Å². The fourth-order valence-corrected chi connectivity index (χ4v) is 3.52. The van der Waals surface area contributed by atoms with Gasteiger partial charge in [0.1, 0.15) is 6.04 Å². The Morgan fingerprint density at radius 1 is 1.38 bits per heavy atom. The second-order valence-corrected chi connectivity index (χ2v) is 6.68. The number of ether oxygens (including phenoxy) is 1. The van der Waals surface area contributed by atoms with Gasteiger partial charge in [0.05, 0.1) is 6.10 Å². The van der Waals surface area contributed by atoms with Crippen LogP contribution in [0.15, 0.2) is 24.3 Å². The molecule has 1 fully saturated rings. The topological polar surface area (TPSA) is 50.4 Å². The maximum absolute atomic E-state index is 12.6. The highest BCUT2D eigenvalue weighted by molar-refractivity contribution is 5.84. The highest BCUT2D eigenvalue weighted by atomic mass is 16.5. The van der Waals surface area contributed by atoms with Crippen LogP contribution in [0.2, 0.25) is 0 Å². The standard InChI is InChI=1S/C17H24N2O2/c1-17(2)13(10-14(17)21-3)19-16(20)15-12-7-5-4-6-11(12)8-9-18-15/h4-7,13-15,18H,8-10H2,1-3H3,(H,19,20). The number of amides is 1. The largest absolute Gasteiger partial charge is 0.381 e. The number of fused-ring (bicyclic) bond motifs is 1. The lowest BCUT2D eigenvalue weighted by Gasteiger charge is -2.51. The number of hydrogen-bond acceptors (Lipinski definition) is 3. The highest BCUT2D eigenvalue weighted by Gasteiger charge is 2.49. The summed E-state index contributed by atoms with van der Waals surface area (Å²) in [6, 6.07) is 8.16. The minimum absolute atomic E-state index is 0.00139. The fraction of sp³-hybridized carbons (Fsp3) is 0.588. The van der Waals surface area contributed by atoms with Crippen molar-refractivity contribution in [2.45, 2.75) is 44.9 Å². The minimum atomic E-state index is -0.229. The van der Waals surface area contributed by atoms with Gasteiger partial charge in [0.25, 0.3) is 0 Å². The third-order valence-electron chi connectivity index (χ3n) is 5.15. The number of benzene rings is 1. The summed E-state index contributed by atoms with van der Waals surface area (Å²) in [6.45, 7) is 5.15. The summed E-state index contributed by atoms with van der Waals surface area (Å²) in [5.74, 6) is 0.0785. The first-order valence-corrected chi connectivity index (χ1v) is 7.68. The molecule has 21 heavy (non-hydrogen) atoms. The van der Waals surface area contributed by atoms with Crippen molar-refractivity contribution in [3.63, 3.8) is 0 Å². The zero-order valence-electron chi connectivity index (χ0n) is 13.0. The van der Waals surface area contributed by atoms with Gasteiger partial charge in [-0.05, 0) is 24.0 Å². The molecule has 3 rings (SSSR count). The maximum Gasteiger partial charge on any atom is 0.241 e. The SMILES string of the molecule is COC1CC(NC(=O)C2NCCc3ccccc32)C1(C)C. The Hall–Kier alpha value is -1.39. The number of carbonyl (C=O) groups is 1. The molecule has 0 saturated heterocycles. The van der Waals surface area contributed by atoms with Crippen LogP contribution in [0.4, 0.5) is 0 Å². The lowest BCUT2D eigenvalue weighted by atomic mass is 9.64. The van der Waals surface area contributed by atoms with E-state index in [-0.39, 0.29) is 29.5 Å². The molecule has 0 bridgehead atoms. The summed E-state index contributed by atoms with van der Waals surface area (Å²) in [5, 5.41) is 6.54. The predicted molar refractivity (Wildman–Crippen MR) is 82.0 cm³/mol. The van der Waals surface area contributed by atoms with Crippen molar-refractivity contribution in [3.8, 4) is 0 Å². The molecule has 4 heteroatoms. The zero-order chi connectivity index (χ0) is 15.0. The van der Waals surface area contributed by atoms with Crippen LogP contribution in [0, 0.1) is 5.41 Å². The summed E-state index contributed by atoms with van der Waals surface area (Å²) in [4.78, 5) is 12.6. The second-order valence-electron chi connectivity index (χ2n) is 6.68. The first-order chi connectivity index (χ1) is 10.0. The molecule has 3 unspecified atom stereocenters. The molecule has 1 heterocycles. The molecule has 1 saturated carbocycles. The van der Waals surface area contributed by atoms with E-state index in [1.54, 1.807) is 7.11 Å². The Labute approximate surface area is 126 Å². The Bertz CT molecular complexity index is 541. The summed E-state index contributed by atoms with van der Waals surface area (Å²) < 4.78 is 5.45. The van der Waals surface area contributed by atoms with Crippen molar-refractivity contribution in [2.24, 2.45) is 5.41 Å². The molecule has 1 amide bonds. The number of carbonyl (C=O) groups excluding carboxylic acids is 1. The molecule has 0 aromatic heterocycles. The number of methoxy groups -OCH3 is 1. The Morgan fingerprint density at radius 3 is 2.86 bits per heavy atom. The Morgan fingerprint density at radius 2 is 2.14 bits per heavy atom. The highest BCUT2D eigenvalue weighted by Crippen LogP contribution is 2.42. The third kappa shape index (κ3) is 2.47. The van der Waals surface area contributed by atoms with Crippen LogP contribution in [-0.4, -0.2) is 31.7 Å². The smallest absolute Gasteiger partial charge is 0.241 e. The first-order valence-electron chi connectivity index (χ1n) is 7.68. The van der Waals surface area contributed by atoms with Crippen molar-refractivity contribution in [3.05, 3.63) is 35.4 Å². The lowest BCUT2D eigenvalue weighted by Crippen LogP contribution is -2.63. The van der Waals surface area contributed by atoms with Gasteiger partial charge < -0.3 is 15.4 Å². The molecule has 0 spiro atoms. The van der Waals surface area contributed by atoms with E-state index in [9.17, 15) is 4.79 Å². The van der Waals surface area contributed by atoms with E-state index in [1.165, 1.54) is 5.56 Å². The van der Waals surface area contributed by atoms with Crippen molar-refractivity contribution < 1.29 is 9.53 Å². The van der Waals surface area contributed by atoms with E-state index in [4.69, 9.17) is 4.74 Å². The van der Waals surface area contributed by atoms with Gasteiger partial charge in [0, 0.05) is 25.1 Å². The fourth-order valence-electron chi connectivity index (χ4n) is 3.52. The molecule has 3 atom stereocenters. The molecule has 1 aliphatic carbocycles. The second kappa shape index (κ2) is 5.43. The van der Waals surface area contributed by atoms with Gasteiger partial charge in [-0.15, -0.1) is 0 Å². The van der Waals surface area contributed by atoms with Gasteiger partial charge >= 0.3 is 0 Å². The Kier molecular flexibility index (Phi) is 3.76. The average Bonchev–Trinajstić information content (AvgIpc) is 2.50. The quantitative estimate of drug-likeness (QED) is 0.892. The molecule has 0 radical (unpaired) electrons. The first kappa shape index (κ1) is 14.5. The molecule has 2 N–H and O–H groups in total. The van der Waals surface area contributed by atoms with E-state index in [0.717, 1.165) is 24.9 Å². The molecular weight excluding hydrogens is 264 g/mol. The van der Waals surface area contributed by atoms with E-state index in [1.807, 2.05) is 12.1 Å². The van der Waals surface area contributed by atoms with E-state index in [2.05, 4.69) is 36.6 Å². The van der Waals surface area contributed by atoms with Gasteiger partial charge in [0.15, 0.2) is 0 Å². The van der Waals surface area contributed by atoms with Crippen molar-refractivity contribution in [1.29, 1.82) is 0 Å². The molecule has 1 aromatic rings. The van der Waals surface area contributed by atoms with Crippen LogP contribution in [0.25, 0.3) is 0 Å². The average molecular weight is 288 g/mol. The van der Waals surface area contributed by atoms with Crippen molar-refractivity contribution in [2.75, 3.05) is 13.7 Å². The third-order valence-corrected chi connectivity index (χ3v) is 5.15. The van der Waals surface area contributed by atoms with E-state index in [0.29, 0.717) is 0 Å². The minimum Gasteiger partial charge on any atom is -0.381 e. The summed E-state index contributed by atoms with van der Waals surface area (Å²) >= 11 is 0. The van der Waals surface area contributed by atoms with E-state index >= 15 is 0 Å². The molecule has 1 aromatic carbocycles. The molecule has 1 aliphatic heterocycles. The van der Waals surface area contributed by atoms with Crippen molar-refractivity contribution in [1.82, 2.24) is 10.6 Å². The zero-order valence-corrected chi connectivity index (χ0v) is 13.0.